The number of rotatable bonds is 6. The van der Waals surface area contributed by atoms with Gasteiger partial charge in [-0.2, -0.15) is 0 Å². The first-order valence-corrected chi connectivity index (χ1v) is 6.58. The van der Waals surface area contributed by atoms with Gasteiger partial charge in [-0.15, -0.1) is 0 Å². The molecule has 1 aromatic rings. The number of nitro groups is 1. The van der Waals surface area contributed by atoms with Crippen LogP contribution >= 0.6 is 11.6 Å². The van der Waals surface area contributed by atoms with Gasteiger partial charge in [0.25, 0.3) is 11.6 Å². The van der Waals surface area contributed by atoms with E-state index in [1.54, 1.807) is 13.8 Å². The molecular formula is C13H15ClN2O5. The van der Waals surface area contributed by atoms with Crippen molar-refractivity contribution >= 4 is 29.2 Å². The highest BCUT2D eigenvalue weighted by atomic mass is 35.5. The molecule has 114 valence electrons. The summed E-state index contributed by atoms with van der Waals surface area (Å²) >= 11 is 5.77. The Morgan fingerprint density at radius 2 is 2.05 bits per heavy atom. The molecule has 8 heteroatoms. The molecule has 1 aromatic carbocycles. The summed E-state index contributed by atoms with van der Waals surface area (Å²) in [6.07, 6.45) is -0.176. The van der Waals surface area contributed by atoms with Gasteiger partial charge in [0.15, 0.2) is 0 Å². The summed E-state index contributed by atoms with van der Waals surface area (Å²) in [6, 6.07) is 3.48. The second-order valence-electron chi connectivity index (χ2n) is 4.66. The van der Waals surface area contributed by atoms with Crippen molar-refractivity contribution in [1.29, 1.82) is 0 Å². The number of carbonyl (C=O) groups excluding carboxylic acids is 1. The minimum atomic E-state index is -1.00. The minimum absolute atomic E-state index is 0.0560. The van der Waals surface area contributed by atoms with E-state index in [9.17, 15) is 19.7 Å². The average Bonchev–Trinajstić information content (AvgIpc) is 2.37. The van der Waals surface area contributed by atoms with Crippen molar-refractivity contribution in [2.45, 2.75) is 26.3 Å². The maximum atomic E-state index is 12.3. The van der Waals surface area contributed by atoms with Gasteiger partial charge < -0.3 is 10.0 Å². The molecule has 0 saturated carbocycles. The van der Waals surface area contributed by atoms with E-state index in [0.29, 0.717) is 0 Å². The smallest absolute Gasteiger partial charge is 0.305 e. The van der Waals surface area contributed by atoms with Crippen LogP contribution in [0, 0.1) is 10.1 Å². The normalized spacial score (nSPS) is 10.5. The van der Waals surface area contributed by atoms with Crippen LogP contribution in [0.3, 0.4) is 0 Å². The van der Waals surface area contributed by atoms with E-state index in [1.807, 2.05) is 0 Å². The Balaban J connectivity index is 3.01. The Bertz CT molecular complexity index is 574. The van der Waals surface area contributed by atoms with Crippen molar-refractivity contribution in [3.63, 3.8) is 0 Å². The number of benzene rings is 1. The highest BCUT2D eigenvalue weighted by Crippen LogP contribution is 2.25. The van der Waals surface area contributed by atoms with Gasteiger partial charge in [0, 0.05) is 24.2 Å². The highest BCUT2D eigenvalue weighted by Gasteiger charge is 2.22. The monoisotopic (exact) mass is 314 g/mol. The number of hydrogen-bond donors (Lipinski definition) is 1. The number of carboxylic acids is 1. The van der Waals surface area contributed by atoms with Gasteiger partial charge >= 0.3 is 5.97 Å². The highest BCUT2D eigenvalue weighted by molar-refractivity contribution is 6.33. The van der Waals surface area contributed by atoms with Crippen LogP contribution in [0.4, 0.5) is 5.69 Å². The van der Waals surface area contributed by atoms with E-state index in [-0.39, 0.29) is 35.3 Å². The fraction of sp³-hybridized carbons (Fsp3) is 0.385. The van der Waals surface area contributed by atoms with Gasteiger partial charge in [0.05, 0.1) is 11.3 Å². The molecule has 1 amide bonds. The Labute approximate surface area is 126 Å². The van der Waals surface area contributed by atoms with Gasteiger partial charge in [0.2, 0.25) is 0 Å². The third-order valence-corrected chi connectivity index (χ3v) is 3.14. The van der Waals surface area contributed by atoms with E-state index in [1.165, 1.54) is 17.0 Å². The zero-order valence-electron chi connectivity index (χ0n) is 11.6. The summed E-state index contributed by atoms with van der Waals surface area (Å²) in [6.45, 7) is 3.57. The largest absolute Gasteiger partial charge is 0.481 e. The fourth-order valence-electron chi connectivity index (χ4n) is 1.76. The maximum absolute atomic E-state index is 12.3. The van der Waals surface area contributed by atoms with E-state index < -0.39 is 16.8 Å². The molecule has 0 fully saturated rings. The molecular weight excluding hydrogens is 300 g/mol. The molecule has 1 N–H and O–H groups in total. The third kappa shape index (κ3) is 4.42. The molecule has 0 unspecified atom stereocenters. The molecule has 0 spiro atoms. The van der Waals surface area contributed by atoms with Crippen molar-refractivity contribution < 1.29 is 19.6 Å². The molecule has 0 bridgehead atoms. The quantitative estimate of drug-likeness (QED) is 0.642. The number of carbonyl (C=O) groups is 2. The van der Waals surface area contributed by atoms with Crippen molar-refractivity contribution in [3.05, 3.63) is 38.9 Å². The SMILES string of the molecule is CC(C)N(CCC(=O)O)C(=O)c1ccc([N+](=O)[O-])c(Cl)c1. The molecule has 0 aliphatic rings. The molecule has 0 saturated heterocycles. The van der Waals surface area contributed by atoms with Crippen molar-refractivity contribution in [2.75, 3.05) is 6.54 Å². The zero-order chi connectivity index (χ0) is 16.2. The van der Waals surface area contributed by atoms with Crippen LogP contribution in [-0.2, 0) is 4.79 Å². The van der Waals surface area contributed by atoms with Crippen LogP contribution in [0.25, 0.3) is 0 Å². The lowest BCUT2D eigenvalue weighted by Gasteiger charge is -2.26. The van der Waals surface area contributed by atoms with Gasteiger partial charge in [-0.1, -0.05) is 11.6 Å². The van der Waals surface area contributed by atoms with Crippen molar-refractivity contribution in [3.8, 4) is 0 Å². The number of halogens is 1. The first kappa shape index (κ1) is 16.9. The standard InChI is InChI=1S/C13H15ClN2O5/c1-8(2)15(6-5-12(17)18)13(19)9-3-4-11(16(20)21)10(14)7-9/h3-4,7-8H,5-6H2,1-2H3,(H,17,18). The van der Waals surface area contributed by atoms with Crippen LogP contribution in [0.5, 0.6) is 0 Å². The Morgan fingerprint density at radius 3 is 2.48 bits per heavy atom. The molecule has 1 rings (SSSR count). The fourth-order valence-corrected chi connectivity index (χ4v) is 2.01. The predicted molar refractivity (Wildman–Crippen MR) is 76.5 cm³/mol. The number of aliphatic carboxylic acids is 1. The van der Waals surface area contributed by atoms with Crippen LogP contribution in [0.15, 0.2) is 18.2 Å². The lowest BCUT2D eigenvalue weighted by Crippen LogP contribution is -2.38. The number of carboxylic acid groups (broad SMARTS) is 1. The second-order valence-corrected chi connectivity index (χ2v) is 5.07. The number of amides is 1. The lowest BCUT2D eigenvalue weighted by molar-refractivity contribution is -0.384. The Hall–Kier alpha value is -2.15. The minimum Gasteiger partial charge on any atom is -0.481 e. The predicted octanol–water partition coefficient (Wildman–Crippen LogP) is 2.57. The summed E-state index contributed by atoms with van der Waals surface area (Å²) in [5, 5.41) is 19.3. The summed E-state index contributed by atoms with van der Waals surface area (Å²) in [7, 11) is 0. The van der Waals surface area contributed by atoms with E-state index in [0.717, 1.165) is 6.07 Å². The Kier molecular flexibility index (Phi) is 5.66. The molecule has 0 aliphatic carbocycles. The summed E-state index contributed by atoms with van der Waals surface area (Å²) in [5.74, 6) is -1.42. The summed E-state index contributed by atoms with van der Waals surface area (Å²) < 4.78 is 0. The molecule has 0 aliphatic heterocycles. The number of nitrogens with zero attached hydrogens (tertiary/aromatic N) is 2. The summed E-state index contributed by atoms with van der Waals surface area (Å²) in [5.41, 5.74) is -0.0976. The lowest BCUT2D eigenvalue weighted by atomic mass is 10.1. The van der Waals surface area contributed by atoms with Crippen LogP contribution in [-0.4, -0.2) is 39.4 Å². The third-order valence-electron chi connectivity index (χ3n) is 2.84. The van der Waals surface area contributed by atoms with Crippen LogP contribution in [0.1, 0.15) is 30.6 Å². The molecule has 0 aromatic heterocycles. The van der Waals surface area contributed by atoms with Crippen LogP contribution in [0.2, 0.25) is 5.02 Å². The molecule has 7 nitrogen and oxygen atoms in total. The van der Waals surface area contributed by atoms with Gasteiger partial charge in [-0.25, -0.2) is 0 Å². The average molecular weight is 315 g/mol. The molecule has 0 radical (unpaired) electrons. The number of nitro benzene ring substituents is 1. The van der Waals surface area contributed by atoms with Crippen molar-refractivity contribution in [1.82, 2.24) is 4.90 Å². The van der Waals surface area contributed by atoms with E-state index in [2.05, 4.69) is 0 Å². The molecule has 0 heterocycles. The molecule has 0 atom stereocenters. The van der Waals surface area contributed by atoms with Gasteiger partial charge in [0.1, 0.15) is 5.02 Å². The first-order valence-electron chi connectivity index (χ1n) is 6.20. The van der Waals surface area contributed by atoms with Crippen LogP contribution < -0.4 is 0 Å². The maximum Gasteiger partial charge on any atom is 0.305 e. The van der Waals surface area contributed by atoms with Crippen molar-refractivity contribution in [2.24, 2.45) is 0 Å². The molecule has 21 heavy (non-hydrogen) atoms. The Morgan fingerprint density at radius 1 is 1.43 bits per heavy atom. The van der Waals surface area contributed by atoms with Gasteiger partial charge in [-0.05, 0) is 26.0 Å². The van der Waals surface area contributed by atoms with Gasteiger partial charge in [-0.3, -0.25) is 19.7 Å². The summed E-state index contributed by atoms with van der Waals surface area (Å²) in [4.78, 5) is 34.4. The first-order chi connectivity index (χ1) is 9.73. The van der Waals surface area contributed by atoms with E-state index in [4.69, 9.17) is 16.7 Å². The topological polar surface area (TPSA) is 101 Å². The van der Waals surface area contributed by atoms with E-state index >= 15 is 0 Å². The number of hydrogen-bond acceptors (Lipinski definition) is 4. The zero-order valence-corrected chi connectivity index (χ0v) is 12.3. The second kappa shape index (κ2) is 7.03.